The van der Waals surface area contributed by atoms with Crippen LogP contribution in [0.5, 0.6) is 0 Å². The summed E-state index contributed by atoms with van der Waals surface area (Å²) >= 11 is 0. The normalized spacial score (nSPS) is 9.00. The van der Waals surface area contributed by atoms with Gasteiger partial charge in [0.05, 0.1) is 0 Å². The predicted molar refractivity (Wildman–Crippen MR) is 38.3 cm³/mol. The first-order valence-corrected chi connectivity index (χ1v) is 3.15. The molecule has 0 aliphatic rings. The smallest absolute Gasteiger partial charge is 0.197 e. The van der Waals surface area contributed by atoms with Crippen molar-refractivity contribution in [3.63, 3.8) is 0 Å². The lowest BCUT2D eigenvalue weighted by Gasteiger charge is -1.88. The number of rotatable bonds is 2. The fraction of sp³-hybridized carbons (Fsp3) is 0.286. The fourth-order valence-corrected chi connectivity index (χ4v) is 0.767. The van der Waals surface area contributed by atoms with Crippen LogP contribution in [0.4, 0.5) is 0 Å². The minimum atomic E-state index is 1.00. The standard InChI is InChI=1S/C7H10BN/c1-8-7-9-5-3-2-4-6-9/h2-6H,7H2,1H3/q+1. The number of pyridine rings is 1. The van der Waals surface area contributed by atoms with E-state index in [0.717, 1.165) is 6.44 Å². The van der Waals surface area contributed by atoms with Crippen LogP contribution >= 0.6 is 0 Å². The van der Waals surface area contributed by atoms with Gasteiger partial charge in [0, 0.05) is 12.1 Å². The predicted octanol–water partition coefficient (Wildman–Crippen LogP) is 0.684. The molecule has 0 amide bonds. The molecule has 1 aromatic rings. The number of hydrogen-bond acceptors (Lipinski definition) is 0. The van der Waals surface area contributed by atoms with Gasteiger partial charge in [0.2, 0.25) is 0 Å². The Morgan fingerprint density at radius 3 is 2.44 bits per heavy atom. The third kappa shape index (κ3) is 1.88. The first-order chi connectivity index (χ1) is 4.43. The van der Waals surface area contributed by atoms with Gasteiger partial charge in [0.25, 0.3) is 0 Å². The molecule has 0 unspecified atom stereocenters. The molecule has 0 bridgehead atoms. The summed E-state index contributed by atoms with van der Waals surface area (Å²) in [4.78, 5) is 0. The Hall–Kier alpha value is -0.785. The average Bonchev–Trinajstić information content (AvgIpc) is 1.91. The highest BCUT2D eigenvalue weighted by atomic mass is 14.9. The highest BCUT2D eigenvalue weighted by Crippen LogP contribution is 1.75. The average molecular weight is 119 g/mol. The summed E-state index contributed by atoms with van der Waals surface area (Å²) in [6.45, 7) is 2.06. The van der Waals surface area contributed by atoms with Gasteiger partial charge in [-0.15, -0.1) is 0 Å². The Balaban J connectivity index is 2.61. The lowest BCUT2D eigenvalue weighted by molar-refractivity contribution is -0.679. The number of aromatic nitrogens is 1. The number of nitrogens with zero attached hydrogens (tertiary/aromatic N) is 1. The fourth-order valence-electron chi connectivity index (χ4n) is 0.767. The Labute approximate surface area is 56.6 Å². The van der Waals surface area contributed by atoms with Crippen molar-refractivity contribution in [2.45, 2.75) is 13.3 Å². The highest BCUT2D eigenvalue weighted by molar-refractivity contribution is 6.31. The molecule has 0 aliphatic carbocycles. The van der Waals surface area contributed by atoms with Crippen molar-refractivity contribution >= 4 is 7.28 Å². The van der Waals surface area contributed by atoms with E-state index in [1.54, 1.807) is 0 Å². The third-order valence-corrected chi connectivity index (χ3v) is 1.17. The Morgan fingerprint density at radius 2 is 1.89 bits per heavy atom. The van der Waals surface area contributed by atoms with Crippen molar-refractivity contribution in [2.24, 2.45) is 0 Å². The molecule has 1 nitrogen and oxygen atoms in total. The summed E-state index contributed by atoms with van der Waals surface area (Å²) in [6.07, 6.45) is 5.11. The first kappa shape index (κ1) is 6.34. The van der Waals surface area contributed by atoms with Gasteiger partial charge in [-0.1, -0.05) is 12.9 Å². The summed E-state index contributed by atoms with van der Waals surface area (Å²) in [7, 11) is 2.12. The van der Waals surface area contributed by atoms with Crippen LogP contribution in [0.15, 0.2) is 30.6 Å². The van der Waals surface area contributed by atoms with Crippen LogP contribution in [-0.4, -0.2) is 7.28 Å². The zero-order valence-electron chi connectivity index (χ0n) is 5.62. The molecule has 1 heterocycles. The van der Waals surface area contributed by atoms with Gasteiger partial charge in [0.15, 0.2) is 19.7 Å². The molecule has 45 valence electrons. The summed E-state index contributed by atoms with van der Waals surface area (Å²) in [5, 5.41) is 0. The molecular weight excluding hydrogens is 109 g/mol. The van der Waals surface area contributed by atoms with Crippen molar-refractivity contribution < 1.29 is 4.57 Å². The summed E-state index contributed by atoms with van der Waals surface area (Å²) in [5.41, 5.74) is 0. The van der Waals surface area contributed by atoms with Crippen molar-refractivity contribution in [1.29, 1.82) is 0 Å². The second kappa shape index (κ2) is 3.28. The first-order valence-electron chi connectivity index (χ1n) is 3.15. The van der Waals surface area contributed by atoms with E-state index in [9.17, 15) is 0 Å². The van der Waals surface area contributed by atoms with Crippen LogP contribution in [0.3, 0.4) is 0 Å². The van der Waals surface area contributed by atoms with Gasteiger partial charge >= 0.3 is 0 Å². The minimum Gasteiger partial charge on any atom is -0.214 e. The topological polar surface area (TPSA) is 3.88 Å². The van der Waals surface area contributed by atoms with Gasteiger partial charge in [-0.25, -0.2) is 4.57 Å². The Kier molecular flexibility index (Phi) is 2.31. The molecule has 1 radical (unpaired) electrons. The van der Waals surface area contributed by atoms with Gasteiger partial charge < -0.3 is 0 Å². The van der Waals surface area contributed by atoms with Gasteiger partial charge in [-0.05, 0) is 0 Å². The van der Waals surface area contributed by atoms with E-state index in [-0.39, 0.29) is 0 Å². The zero-order chi connectivity index (χ0) is 6.53. The molecule has 1 rings (SSSR count). The van der Waals surface area contributed by atoms with Gasteiger partial charge in [-0.3, -0.25) is 0 Å². The maximum absolute atomic E-state index is 2.12. The van der Waals surface area contributed by atoms with Gasteiger partial charge in [0.1, 0.15) is 6.44 Å². The minimum absolute atomic E-state index is 1.00. The Morgan fingerprint density at radius 1 is 1.22 bits per heavy atom. The summed E-state index contributed by atoms with van der Waals surface area (Å²) in [5.74, 6) is 0. The highest BCUT2D eigenvalue weighted by Gasteiger charge is 1.92. The molecule has 0 aliphatic heterocycles. The summed E-state index contributed by atoms with van der Waals surface area (Å²) < 4.78 is 2.12. The molecule has 0 saturated carbocycles. The quantitative estimate of drug-likeness (QED) is 0.398. The van der Waals surface area contributed by atoms with Gasteiger partial charge in [-0.2, -0.15) is 0 Å². The molecule has 0 fully saturated rings. The van der Waals surface area contributed by atoms with Crippen molar-refractivity contribution in [3.05, 3.63) is 30.6 Å². The maximum atomic E-state index is 2.12. The molecule has 0 atom stereocenters. The second-order valence-electron chi connectivity index (χ2n) is 1.98. The maximum Gasteiger partial charge on any atom is 0.197 e. The molecule has 0 N–H and O–H groups in total. The van der Waals surface area contributed by atoms with Crippen LogP contribution in [0.2, 0.25) is 6.82 Å². The van der Waals surface area contributed by atoms with E-state index < -0.39 is 0 Å². The molecule has 0 aromatic carbocycles. The van der Waals surface area contributed by atoms with E-state index in [1.807, 2.05) is 18.2 Å². The van der Waals surface area contributed by atoms with Crippen LogP contribution in [-0.2, 0) is 6.44 Å². The van der Waals surface area contributed by atoms with Crippen LogP contribution in [0.1, 0.15) is 0 Å². The van der Waals surface area contributed by atoms with Crippen LogP contribution in [0, 0.1) is 0 Å². The molecule has 2 heteroatoms. The van der Waals surface area contributed by atoms with E-state index in [4.69, 9.17) is 0 Å². The monoisotopic (exact) mass is 119 g/mol. The second-order valence-corrected chi connectivity index (χ2v) is 1.98. The van der Waals surface area contributed by atoms with E-state index in [1.165, 1.54) is 0 Å². The van der Waals surface area contributed by atoms with Crippen molar-refractivity contribution in [3.8, 4) is 0 Å². The molecule has 9 heavy (non-hydrogen) atoms. The van der Waals surface area contributed by atoms with E-state index >= 15 is 0 Å². The SMILES string of the molecule is C[B]C[n+]1ccccc1. The van der Waals surface area contributed by atoms with Crippen LogP contribution in [0.25, 0.3) is 0 Å². The van der Waals surface area contributed by atoms with E-state index in [2.05, 4.69) is 31.1 Å². The van der Waals surface area contributed by atoms with Crippen molar-refractivity contribution in [2.75, 3.05) is 0 Å². The molecule has 0 spiro atoms. The third-order valence-electron chi connectivity index (χ3n) is 1.17. The lowest BCUT2D eigenvalue weighted by Crippen LogP contribution is -2.34. The molecule has 1 aromatic heterocycles. The lowest BCUT2D eigenvalue weighted by atomic mass is 9.83. The van der Waals surface area contributed by atoms with Crippen LogP contribution < -0.4 is 4.57 Å². The largest absolute Gasteiger partial charge is 0.214 e. The molecular formula is C7H10BN+. The Bertz CT molecular complexity index is 162. The summed E-state index contributed by atoms with van der Waals surface area (Å²) in [6, 6.07) is 6.08. The molecule has 0 saturated heterocycles. The number of hydrogen-bond donors (Lipinski definition) is 0. The zero-order valence-corrected chi connectivity index (χ0v) is 5.62. The van der Waals surface area contributed by atoms with E-state index in [0.29, 0.717) is 0 Å². The van der Waals surface area contributed by atoms with Crippen molar-refractivity contribution in [1.82, 2.24) is 0 Å².